The summed E-state index contributed by atoms with van der Waals surface area (Å²) in [6.07, 6.45) is 6.36. The van der Waals surface area contributed by atoms with Crippen molar-refractivity contribution in [3.63, 3.8) is 0 Å². The summed E-state index contributed by atoms with van der Waals surface area (Å²) in [7, 11) is -4.48. The van der Waals surface area contributed by atoms with Crippen LogP contribution in [0.2, 0.25) is 0 Å². The molecule has 1 atom stereocenters. The fourth-order valence-corrected chi connectivity index (χ4v) is 1.42. The van der Waals surface area contributed by atoms with Crippen molar-refractivity contribution in [3.05, 3.63) is 0 Å². The average Bonchev–Trinajstić information content (AvgIpc) is 2.01. The molecule has 1 unspecified atom stereocenters. The molecule has 0 bridgehead atoms. The molecule has 1 N–H and O–H groups in total. The predicted molar refractivity (Wildman–Crippen MR) is 49.2 cm³/mol. The van der Waals surface area contributed by atoms with Crippen molar-refractivity contribution >= 4 is 7.82 Å². The molecule has 0 aromatic heterocycles. The number of hydrogen-bond donors (Lipinski definition) is 1. The van der Waals surface area contributed by atoms with Crippen LogP contribution in [0.15, 0.2) is 0 Å². The van der Waals surface area contributed by atoms with Crippen molar-refractivity contribution in [3.8, 4) is 0 Å². The first-order valence-electron chi connectivity index (χ1n) is 4.74. The van der Waals surface area contributed by atoms with Gasteiger partial charge in [0.2, 0.25) is 0 Å². The van der Waals surface area contributed by atoms with E-state index < -0.39 is 7.82 Å². The van der Waals surface area contributed by atoms with Crippen LogP contribution in [-0.4, -0.2) is 11.5 Å². The van der Waals surface area contributed by atoms with Crippen molar-refractivity contribution in [2.24, 2.45) is 0 Å². The molecule has 0 rings (SSSR count). The SMILES string of the molecule is CCCCCCCCOP(=O)([O-])O.[Na+]. The monoisotopic (exact) mass is 232 g/mol. The molecule has 0 aromatic carbocycles. The van der Waals surface area contributed by atoms with Crippen LogP contribution < -0.4 is 34.5 Å². The summed E-state index contributed by atoms with van der Waals surface area (Å²) in [5.74, 6) is 0. The second-order valence-electron chi connectivity index (χ2n) is 3.07. The Morgan fingerprint density at radius 1 is 1.21 bits per heavy atom. The van der Waals surface area contributed by atoms with Crippen LogP contribution in [0.5, 0.6) is 0 Å². The second kappa shape index (κ2) is 10.6. The first kappa shape index (κ1) is 17.5. The van der Waals surface area contributed by atoms with Crippen LogP contribution in [0.1, 0.15) is 45.4 Å². The molecule has 80 valence electrons. The van der Waals surface area contributed by atoms with Gasteiger partial charge in [0.25, 0.3) is 7.82 Å². The molecular weight excluding hydrogens is 214 g/mol. The summed E-state index contributed by atoms with van der Waals surface area (Å²) in [6, 6.07) is 0. The summed E-state index contributed by atoms with van der Waals surface area (Å²) < 4.78 is 14.3. The zero-order valence-electron chi connectivity index (χ0n) is 9.07. The third-order valence-electron chi connectivity index (χ3n) is 1.75. The zero-order valence-corrected chi connectivity index (χ0v) is 12.0. The minimum atomic E-state index is -4.48. The first-order valence-corrected chi connectivity index (χ1v) is 6.24. The van der Waals surface area contributed by atoms with E-state index >= 15 is 0 Å². The van der Waals surface area contributed by atoms with Gasteiger partial charge in [-0.3, -0.25) is 4.57 Å². The van der Waals surface area contributed by atoms with Gasteiger partial charge in [0.05, 0.1) is 6.61 Å². The minimum absolute atomic E-state index is 0. The number of phosphoric ester groups is 1. The molecular formula is C8H18NaO4P. The van der Waals surface area contributed by atoms with E-state index in [4.69, 9.17) is 4.89 Å². The van der Waals surface area contributed by atoms with E-state index in [9.17, 15) is 9.46 Å². The second-order valence-corrected chi connectivity index (χ2v) is 4.26. The molecule has 0 aromatic rings. The zero-order chi connectivity index (χ0) is 10.2. The van der Waals surface area contributed by atoms with Crippen molar-refractivity contribution < 1.29 is 48.4 Å². The van der Waals surface area contributed by atoms with Gasteiger partial charge in [0, 0.05) is 0 Å². The number of hydrogen-bond acceptors (Lipinski definition) is 3. The fourth-order valence-electron chi connectivity index (χ4n) is 1.06. The number of phosphoric acid groups is 1. The van der Waals surface area contributed by atoms with Crippen molar-refractivity contribution in [2.75, 3.05) is 6.61 Å². The smallest absolute Gasteiger partial charge is 0.756 e. The Bertz CT molecular complexity index is 159. The number of unbranched alkanes of at least 4 members (excludes halogenated alkanes) is 5. The Morgan fingerprint density at radius 3 is 2.21 bits per heavy atom. The summed E-state index contributed by atoms with van der Waals surface area (Å²) in [4.78, 5) is 18.4. The van der Waals surface area contributed by atoms with Gasteiger partial charge in [-0.15, -0.1) is 0 Å². The van der Waals surface area contributed by atoms with E-state index in [0.29, 0.717) is 6.42 Å². The van der Waals surface area contributed by atoms with Crippen molar-refractivity contribution in [2.45, 2.75) is 45.4 Å². The molecule has 0 radical (unpaired) electrons. The Balaban J connectivity index is 0. The van der Waals surface area contributed by atoms with Crippen LogP contribution in [0.3, 0.4) is 0 Å². The largest absolute Gasteiger partial charge is 1.00 e. The van der Waals surface area contributed by atoms with Crippen LogP contribution in [0.25, 0.3) is 0 Å². The van der Waals surface area contributed by atoms with Gasteiger partial charge in [-0.25, -0.2) is 0 Å². The fraction of sp³-hybridized carbons (Fsp3) is 1.00. The van der Waals surface area contributed by atoms with E-state index in [1.54, 1.807) is 0 Å². The molecule has 0 saturated carbocycles. The molecule has 6 heteroatoms. The molecule has 0 spiro atoms. The van der Waals surface area contributed by atoms with Crippen LogP contribution in [-0.2, 0) is 9.09 Å². The molecule has 0 saturated heterocycles. The van der Waals surface area contributed by atoms with E-state index in [1.807, 2.05) is 0 Å². The molecule has 0 amide bonds. The van der Waals surface area contributed by atoms with Gasteiger partial charge in [0.1, 0.15) is 0 Å². The molecule has 0 aliphatic rings. The van der Waals surface area contributed by atoms with E-state index in [-0.39, 0.29) is 36.2 Å². The third kappa shape index (κ3) is 15.6. The Morgan fingerprint density at radius 2 is 1.71 bits per heavy atom. The van der Waals surface area contributed by atoms with Gasteiger partial charge in [-0.2, -0.15) is 0 Å². The average molecular weight is 232 g/mol. The maximum absolute atomic E-state index is 10.1. The topological polar surface area (TPSA) is 69.6 Å². The van der Waals surface area contributed by atoms with Gasteiger partial charge >= 0.3 is 29.6 Å². The molecule has 0 heterocycles. The van der Waals surface area contributed by atoms with Crippen LogP contribution in [0.4, 0.5) is 0 Å². The van der Waals surface area contributed by atoms with Crippen molar-refractivity contribution in [1.82, 2.24) is 0 Å². The quantitative estimate of drug-likeness (QED) is 0.325. The maximum Gasteiger partial charge on any atom is 1.00 e. The normalized spacial score (nSPS) is 14.5. The van der Waals surface area contributed by atoms with E-state index in [1.165, 1.54) is 19.3 Å². The third-order valence-corrected chi connectivity index (χ3v) is 2.26. The van der Waals surface area contributed by atoms with Gasteiger partial charge in [-0.1, -0.05) is 39.0 Å². The Kier molecular flexibility index (Phi) is 13.3. The minimum Gasteiger partial charge on any atom is -0.756 e. The Labute approximate surface area is 108 Å². The van der Waals surface area contributed by atoms with Crippen LogP contribution >= 0.6 is 7.82 Å². The molecule has 14 heavy (non-hydrogen) atoms. The van der Waals surface area contributed by atoms with E-state index in [0.717, 1.165) is 12.8 Å². The standard InChI is InChI=1S/C8H19O4P.Na/c1-2-3-4-5-6-7-8-12-13(9,10)11;/h2-8H2,1H3,(H2,9,10,11);/q;+1/p-1. The van der Waals surface area contributed by atoms with Gasteiger partial charge in [0.15, 0.2) is 0 Å². The van der Waals surface area contributed by atoms with Gasteiger partial charge < -0.3 is 14.3 Å². The molecule has 0 aliphatic carbocycles. The predicted octanol–water partition coefficient (Wildman–Crippen LogP) is -1.17. The summed E-state index contributed by atoms with van der Waals surface area (Å²) in [6.45, 7) is 2.24. The van der Waals surface area contributed by atoms with Gasteiger partial charge in [-0.05, 0) is 6.42 Å². The Hall–Kier alpha value is 1.11. The first-order chi connectivity index (χ1) is 6.06. The molecule has 0 fully saturated rings. The van der Waals surface area contributed by atoms with Crippen molar-refractivity contribution in [1.29, 1.82) is 0 Å². The summed E-state index contributed by atoms with van der Waals surface area (Å²) in [5, 5.41) is 0. The van der Waals surface area contributed by atoms with E-state index in [2.05, 4.69) is 11.4 Å². The van der Waals surface area contributed by atoms with Crippen LogP contribution in [0, 0.1) is 0 Å². The maximum atomic E-state index is 10.1. The summed E-state index contributed by atoms with van der Waals surface area (Å²) in [5.41, 5.74) is 0. The molecule has 4 nitrogen and oxygen atoms in total. The summed E-state index contributed by atoms with van der Waals surface area (Å²) >= 11 is 0. The number of rotatable bonds is 8. The molecule has 0 aliphatic heterocycles.